The zero-order valence-electron chi connectivity index (χ0n) is 6.55. The van der Waals surface area contributed by atoms with Crippen molar-refractivity contribution < 1.29 is 5.11 Å². The van der Waals surface area contributed by atoms with Gasteiger partial charge in [0.1, 0.15) is 0 Å². The summed E-state index contributed by atoms with van der Waals surface area (Å²) in [5.41, 5.74) is 0. The van der Waals surface area contributed by atoms with Gasteiger partial charge >= 0.3 is 0 Å². The summed E-state index contributed by atoms with van der Waals surface area (Å²) in [5, 5.41) is 10.1. The zero-order chi connectivity index (χ0) is 7.28. The molecule has 0 heterocycles. The molecule has 9 heavy (non-hydrogen) atoms. The topological polar surface area (TPSA) is 23.1 Å². The molecule has 0 saturated heterocycles. The van der Waals surface area contributed by atoms with E-state index in [1.807, 2.05) is 7.05 Å². The van der Waals surface area contributed by atoms with Gasteiger partial charge < -0.3 is 4.90 Å². The highest BCUT2D eigenvalue weighted by Gasteiger charge is 2.03. The third kappa shape index (κ3) is 3.49. The van der Waals surface area contributed by atoms with Crippen molar-refractivity contribution in [3.63, 3.8) is 0 Å². The Morgan fingerprint density at radius 1 is 1.56 bits per heavy atom. The second kappa shape index (κ2) is 4.77. The van der Waals surface area contributed by atoms with Crippen LogP contribution in [0.5, 0.6) is 0 Å². The lowest BCUT2D eigenvalue weighted by molar-refractivity contribution is 0.134. The largest absolute Gasteiger partial charge is 0.301 e. The van der Waals surface area contributed by atoms with Crippen LogP contribution < -0.4 is 0 Å². The van der Waals surface area contributed by atoms with Gasteiger partial charge in [0, 0.05) is 12.6 Å². The van der Waals surface area contributed by atoms with Crippen LogP contribution in [0.3, 0.4) is 0 Å². The maximum Gasteiger partial charge on any atom is 0.0949 e. The molecule has 0 aromatic carbocycles. The third-order valence-corrected chi connectivity index (χ3v) is 1.79. The Balaban J connectivity index is 3.32. The van der Waals surface area contributed by atoms with Crippen molar-refractivity contribution >= 4 is 0 Å². The van der Waals surface area contributed by atoms with Gasteiger partial charge in [-0.05, 0) is 20.4 Å². The summed E-state index contributed by atoms with van der Waals surface area (Å²) in [4.78, 5) is 2.09. The highest BCUT2D eigenvalue weighted by molar-refractivity contribution is 4.58. The van der Waals surface area contributed by atoms with Gasteiger partial charge in [-0.15, -0.1) is 0 Å². The van der Waals surface area contributed by atoms with Gasteiger partial charge in [-0.3, -0.25) is 0 Å². The maximum absolute atomic E-state index is 10.1. The van der Waals surface area contributed by atoms with Crippen molar-refractivity contribution in [2.24, 2.45) is 0 Å². The lowest BCUT2D eigenvalue weighted by Crippen LogP contribution is -2.30. The lowest BCUT2D eigenvalue weighted by Gasteiger charge is -2.21. The molecule has 0 bridgehead atoms. The Hall–Kier alpha value is -0.0800. The molecular weight excluding hydrogens is 114 g/mol. The number of hydrogen-bond acceptors (Lipinski definition) is 1. The van der Waals surface area contributed by atoms with E-state index in [0.717, 1.165) is 6.42 Å². The van der Waals surface area contributed by atoms with Crippen molar-refractivity contribution in [2.45, 2.75) is 26.3 Å². The molecule has 0 aliphatic heterocycles. The van der Waals surface area contributed by atoms with Crippen LogP contribution in [0.25, 0.3) is 0 Å². The predicted molar refractivity (Wildman–Crippen MR) is 37.9 cm³/mol. The van der Waals surface area contributed by atoms with E-state index in [9.17, 15) is 5.11 Å². The molecule has 0 aliphatic carbocycles. The molecule has 2 nitrogen and oxygen atoms in total. The van der Waals surface area contributed by atoms with Crippen LogP contribution in [0, 0.1) is 0 Å². The van der Waals surface area contributed by atoms with Crippen molar-refractivity contribution in [2.75, 3.05) is 20.2 Å². The summed E-state index contributed by atoms with van der Waals surface area (Å²) < 4.78 is 0. The first-order chi connectivity index (χ1) is 4.22. The van der Waals surface area contributed by atoms with Gasteiger partial charge in [0.2, 0.25) is 0 Å². The average molecular weight is 130 g/mol. The molecule has 0 saturated carbocycles. The van der Waals surface area contributed by atoms with Gasteiger partial charge in [-0.2, -0.15) is 0 Å². The molecule has 1 unspecified atom stereocenters. The zero-order valence-corrected chi connectivity index (χ0v) is 6.55. The first-order valence-corrected chi connectivity index (χ1v) is 3.50. The Morgan fingerprint density at radius 2 is 2.11 bits per heavy atom. The molecule has 0 spiro atoms. The van der Waals surface area contributed by atoms with E-state index in [1.54, 1.807) is 0 Å². The predicted octanol–water partition coefficient (Wildman–Crippen LogP) is 1.15. The van der Waals surface area contributed by atoms with Crippen LogP contribution in [0.4, 0.5) is 0 Å². The van der Waals surface area contributed by atoms with Crippen molar-refractivity contribution in [3.05, 3.63) is 0 Å². The molecule has 55 valence electrons. The van der Waals surface area contributed by atoms with Gasteiger partial charge in [0.25, 0.3) is 0 Å². The monoisotopic (exact) mass is 130 g/mol. The van der Waals surface area contributed by atoms with Crippen LogP contribution in [-0.4, -0.2) is 31.1 Å². The molecular formula is C7H16NO. The SMILES string of the molecule is CCC(C)N(C)CC[O]. The van der Waals surface area contributed by atoms with Crippen LogP contribution in [0.2, 0.25) is 0 Å². The van der Waals surface area contributed by atoms with Crippen LogP contribution in [-0.2, 0) is 5.11 Å². The summed E-state index contributed by atoms with van der Waals surface area (Å²) in [7, 11) is 1.99. The standard InChI is InChI=1S/C7H16NO/c1-4-7(2)8(3)5-6-9/h7H,4-6H2,1-3H3. The molecule has 0 rings (SSSR count). The third-order valence-electron chi connectivity index (χ3n) is 1.79. The molecule has 1 radical (unpaired) electrons. The van der Waals surface area contributed by atoms with Crippen molar-refractivity contribution in [1.82, 2.24) is 4.90 Å². The van der Waals surface area contributed by atoms with Crippen molar-refractivity contribution in [3.8, 4) is 0 Å². The van der Waals surface area contributed by atoms with Crippen LogP contribution in [0.15, 0.2) is 0 Å². The maximum atomic E-state index is 10.1. The Labute approximate surface area is 57.5 Å². The second-order valence-electron chi connectivity index (χ2n) is 2.44. The van der Waals surface area contributed by atoms with E-state index in [4.69, 9.17) is 0 Å². The molecule has 0 aromatic heterocycles. The molecule has 0 aliphatic rings. The summed E-state index contributed by atoms with van der Waals surface area (Å²) in [5.74, 6) is 0. The number of likely N-dealkylation sites (N-methyl/N-ethyl adjacent to an activating group) is 1. The fraction of sp³-hybridized carbons (Fsp3) is 1.00. The Morgan fingerprint density at radius 3 is 2.44 bits per heavy atom. The van der Waals surface area contributed by atoms with Gasteiger partial charge in [-0.1, -0.05) is 6.92 Å². The highest BCUT2D eigenvalue weighted by Crippen LogP contribution is 1.97. The van der Waals surface area contributed by atoms with Crippen LogP contribution in [0.1, 0.15) is 20.3 Å². The number of nitrogens with zero attached hydrogens (tertiary/aromatic N) is 1. The minimum absolute atomic E-state index is 0.0147. The van der Waals surface area contributed by atoms with E-state index < -0.39 is 0 Å². The Kier molecular flexibility index (Phi) is 4.72. The van der Waals surface area contributed by atoms with Gasteiger partial charge in [-0.25, -0.2) is 5.11 Å². The van der Waals surface area contributed by atoms with E-state index in [0.29, 0.717) is 12.6 Å². The summed E-state index contributed by atoms with van der Waals surface area (Å²) in [6, 6.07) is 0.555. The minimum Gasteiger partial charge on any atom is -0.301 e. The first kappa shape index (κ1) is 8.92. The molecule has 0 aromatic rings. The fourth-order valence-electron chi connectivity index (χ4n) is 0.676. The number of hydrogen-bond donors (Lipinski definition) is 0. The van der Waals surface area contributed by atoms with Gasteiger partial charge in [0.05, 0.1) is 6.61 Å². The van der Waals surface area contributed by atoms with E-state index >= 15 is 0 Å². The summed E-state index contributed by atoms with van der Waals surface area (Å²) in [6.07, 6.45) is 1.12. The van der Waals surface area contributed by atoms with E-state index in [2.05, 4.69) is 18.7 Å². The normalized spacial score (nSPS) is 14.3. The van der Waals surface area contributed by atoms with E-state index in [-0.39, 0.29) is 6.61 Å². The Bertz CT molecular complexity index is 65.9. The second-order valence-corrected chi connectivity index (χ2v) is 2.44. The van der Waals surface area contributed by atoms with Crippen LogP contribution >= 0.6 is 0 Å². The minimum atomic E-state index is 0.0147. The summed E-state index contributed by atoms with van der Waals surface area (Å²) in [6.45, 7) is 4.96. The fourth-order valence-corrected chi connectivity index (χ4v) is 0.676. The lowest BCUT2D eigenvalue weighted by atomic mass is 10.2. The summed E-state index contributed by atoms with van der Waals surface area (Å²) >= 11 is 0. The molecule has 1 atom stereocenters. The molecule has 0 N–H and O–H groups in total. The molecule has 0 amide bonds. The quantitative estimate of drug-likeness (QED) is 0.560. The van der Waals surface area contributed by atoms with Gasteiger partial charge in [0.15, 0.2) is 0 Å². The van der Waals surface area contributed by atoms with E-state index in [1.165, 1.54) is 0 Å². The highest BCUT2D eigenvalue weighted by atomic mass is 16.3. The number of rotatable bonds is 4. The average Bonchev–Trinajstić information content (AvgIpc) is 1.87. The van der Waals surface area contributed by atoms with Crippen molar-refractivity contribution in [1.29, 1.82) is 0 Å². The first-order valence-electron chi connectivity index (χ1n) is 3.50. The molecule has 2 heteroatoms. The molecule has 0 fully saturated rings. The smallest absolute Gasteiger partial charge is 0.0949 e.